The highest BCUT2D eigenvalue weighted by molar-refractivity contribution is 7.80. The van der Waals surface area contributed by atoms with Gasteiger partial charge in [-0.25, -0.2) is 0 Å². The zero-order valence-corrected chi connectivity index (χ0v) is 18.6. The largest absolute Gasteiger partial charge is 0.494 e. The highest BCUT2D eigenvalue weighted by Gasteiger charge is 2.34. The van der Waals surface area contributed by atoms with Crippen LogP contribution in [0.1, 0.15) is 42.3 Å². The van der Waals surface area contributed by atoms with Gasteiger partial charge in [0, 0.05) is 18.5 Å². The summed E-state index contributed by atoms with van der Waals surface area (Å²) >= 11 is 5.09. The molecule has 0 radical (unpaired) electrons. The summed E-state index contributed by atoms with van der Waals surface area (Å²) < 4.78 is 10.9. The van der Waals surface area contributed by atoms with E-state index >= 15 is 0 Å². The average molecular weight is 459 g/mol. The Morgan fingerprint density at radius 2 is 2.09 bits per heavy atom. The number of thiocarbonyl (C=S) groups is 1. The third-order valence-electron chi connectivity index (χ3n) is 4.90. The molecule has 10 heteroatoms. The second-order valence-corrected chi connectivity index (χ2v) is 7.79. The Hall–Kier alpha value is -3.40. The van der Waals surface area contributed by atoms with Crippen molar-refractivity contribution >= 4 is 35.1 Å². The lowest BCUT2D eigenvalue weighted by molar-refractivity contribution is -0.129. The lowest BCUT2D eigenvalue weighted by atomic mass is 10.1. The molecule has 170 valence electrons. The second kappa shape index (κ2) is 11.3. The van der Waals surface area contributed by atoms with Crippen LogP contribution in [-0.4, -0.2) is 40.9 Å². The first-order valence-corrected chi connectivity index (χ1v) is 10.8. The molecule has 0 aliphatic carbocycles. The predicted octanol–water partition coefficient (Wildman–Crippen LogP) is 2.14. The molecule has 0 bridgehead atoms. The molecule has 3 N–H and O–H groups in total. The summed E-state index contributed by atoms with van der Waals surface area (Å²) in [5.74, 6) is -0.218. The molecule has 3 rings (SSSR count). The van der Waals surface area contributed by atoms with Crippen molar-refractivity contribution < 1.29 is 23.5 Å². The van der Waals surface area contributed by atoms with Gasteiger partial charge in [0.05, 0.1) is 25.3 Å². The number of benzene rings is 1. The second-order valence-electron chi connectivity index (χ2n) is 7.38. The lowest BCUT2D eigenvalue weighted by Crippen LogP contribution is -2.50. The quantitative estimate of drug-likeness (QED) is 0.316. The van der Waals surface area contributed by atoms with Crippen LogP contribution in [0.5, 0.6) is 5.75 Å². The van der Waals surface area contributed by atoms with Crippen molar-refractivity contribution in [2.75, 3.05) is 13.2 Å². The van der Waals surface area contributed by atoms with Crippen molar-refractivity contribution in [3.05, 3.63) is 54.0 Å². The number of nitrogens with one attached hydrogen (secondary N) is 3. The number of likely N-dealkylation sites (tertiary alicyclic amines) is 1. The van der Waals surface area contributed by atoms with Crippen LogP contribution in [0.3, 0.4) is 0 Å². The first kappa shape index (κ1) is 23.3. The molecule has 1 unspecified atom stereocenters. The van der Waals surface area contributed by atoms with E-state index in [2.05, 4.69) is 23.1 Å². The molecule has 1 atom stereocenters. The maximum absolute atomic E-state index is 12.4. The van der Waals surface area contributed by atoms with E-state index in [-0.39, 0.29) is 29.9 Å². The van der Waals surface area contributed by atoms with E-state index in [1.54, 1.807) is 41.3 Å². The number of unbranched alkanes of at least 4 members (excludes halogenated alkanes) is 1. The van der Waals surface area contributed by atoms with Gasteiger partial charge in [0.15, 0.2) is 5.11 Å². The average Bonchev–Trinajstić information content (AvgIpc) is 3.42. The van der Waals surface area contributed by atoms with Gasteiger partial charge in [0.2, 0.25) is 11.8 Å². The Morgan fingerprint density at radius 1 is 1.25 bits per heavy atom. The van der Waals surface area contributed by atoms with Crippen LogP contribution in [-0.2, 0) is 16.1 Å². The van der Waals surface area contributed by atoms with E-state index in [1.807, 2.05) is 0 Å². The van der Waals surface area contributed by atoms with Gasteiger partial charge in [-0.3, -0.25) is 30.6 Å². The SMILES string of the molecule is CCCCOc1cccc(C(=O)NC(=S)NNC(=O)C2CC(=O)N(Cc3ccco3)C2)c1. The number of hydrogen-bond acceptors (Lipinski definition) is 6. The minimum Gasteiger partial charge on any atom is -0.494 e. The smallest absolute Gasteiger partial charge is 0.257 e. The predicted molar refractivity (Wildman–Crippen MR) is 120 cm³/mol. The summed E-state index contributed by atoms with van der Waals surface area (Å²) in [5, 5.41) is 2.45. The maximum atomic E-state index is 12.4. The maximum Gasteiger partial charge on any atom is 0.257 e. The number of amides is 3. The highest BCUT2D eigenvalue weighted by Crippen LogP contribution is 2.20. The van der Waals surface area contributed by atoms with Crippen LogP contribution < -0.4 is 20.9 Å². The van der Waals surface area contributed by atoms with Crippen LogP contribution in [0.15, 0.2) is 47.1 Å². The van der Waals surface area contributed by atoms with E-state index < -0.39 is 11.8 Å². The van der Waals surface area contributed by atoms with Crippen LogP contribution in [0, 0.1) is 5.92 Å². The van der Waals surface area contributed by atoms with Crippen LogP contribution in [0.4, 0.5) is 0 Å². The van der Waals surface area contributed by atoms with E-state index in [4.69, 9.17) is 21.4 Å². The normalized spacial score (nSPS) is 15.3. The van der Waals surface area contributed by atoms with Crippen molar-refractivity contribution in [2.24, 2.45) is 5.92 Å². The zero-order chi connectivity index (χ0) is 22.9. The number of carbonyl (C=O) groups is 3. The summed E-state index contributed by atoms with van der Waals surface area (Å²) in [5.41, 5.74) is 5.35. The van der Waals surface area contributed by atoms with Crippen molar-refractivity contribution in [3.63, 3.8) is 0 Å². The first-order valence-electron chi connectivity index (χ1n) is 10.4. The fourth-order valence-corrected chi connectivity index (χ4v) is 3.32. The third kappa shape index (κ3) is 6.55. The van der Waals surface area contributed by atoms with Gasteiger partial charge in [-0.1, -0.05) is 19.4 Å². The molecule has 2 heterocycles. The molecule has 1 aliphatic rings. The molecule has 0 saturated carbocycles. The van der Waals surface area contributed by atoms with Crippen molar-refractivity contribution in [1.29, 1.82) is 0 Å². The van der Waals surface area contributed by atoms with Gasteiger partial charge >= 0.3 is 0 Å². The number of hydrogen-bond donors (Lipinski definition) is 3. The number of furan rings is 1. The lowest BCUT2D eigenvalue weighted by Gasteiger charge is -2.16. The van der Waals surface area contributed by atoms with Crippen molar-refractivity contribution in [2.45, 2.75) is 32.7 Å². The molecule has 9 nitrogen and oxygen atoms in total. The van der Waals surface area contributed by atoms with Gasteiger partial charge < -0.3 is 14.1 Å². The molecule has 3 amide bonds. The van der Waals surface area contributed by atoms with Crippen LogP contribution in [0.25, 0.3) is 0 Å². The minimum absolute atomic E-state index is 0.0579. The zero-order valence-electron chi connectivity index (χ0n) is 17.8. The number of rotatable bonds is 8. The Kier molecular flexibility index (Phi) is 8.20. The van der Waals surface area contributed by atoms with E-state index in [0.717, 1.165) is 12.8 Å². The summed E-state index contributed by atoms with van der Waals surface area (Å²) in [6.45, 7) is 3.24. The van der Waals surface area contributed by atoms with Gasteiger partial charge in [0.1, 0.15) is 11.5 Å². The summed E-state index contributed by atoms with van der Waals surface area (Å²) in [7, 11) is 0. The molecule has 1 aromatic carbocycles. The number of nitrogens with zero attached hydrogens (tertiary/aromatic N) is 1. The van der Waals surface area contributed by atoms with Gasteiger partial charge in [-0.2, -0.15) is 0 Å². The van der Waals surface area contributed by atoms with E-state index in [1.165, 1.54) is 6.26 Å². The number of ether oxygens (including phenoxy) is 1. The molecule has 2 aromatic rings. The fourth-order valence-electron chi connectivity index (χ4n) is 3.18. The van der Waals surface area contributed by atoms with E-state index in [9.17, 15) is 14.4 Å². The molecule has 1 fully saturated rings. The molecular weight excluding hydrogens is 432 g/mol. The topological polar surface area (TPSA) is 113 Å². The van der Waals surface area contributed by atoms with Gasteiger partial charge in [-0.05, 0) is 49.0 Å². The monoisotopic (exact) mass is 458 g/mol. The first-order chi connectivity index (χ1) is 15.5. The number of hydrazine groups is 1. The molecule has 1 aromatic heterocycles. The Labute approximate surface area is 191 Å². The molecule has 1 saturated heterocycles. The van der Waals surface area contributed by atoms with Crippen molar-refractivity contribution in [3.8, 4) is 5.75 Å². The minimum atomic E-state index is -0.527. The Morgan fingerprint density at radius 3 is 2.84 bits per heavy atom. The molecule has 32 heavy (non-hydrogen) atoms. The molecular formula is C22H26N4O5S. The van der Waals surface area contributed by atoms with Gasteiger partial charge in [-0.15, -0.1) is 0 Å². The van der Waals surface area contributed by atoms with Crippen LogP contribution >= 0.6 is 12.2 Å². The molecule has 1 aliphatic heterocycles. The fraction of sp³-hybridized carbons (Fsp3) is 0.364. The number of carbonyl (C=O) groups excluding carboxylic acids is 3. The Balaban J connectivity index is 1.43. The summed E-state index contributed by atoms with van der Waals surface area (Å²) in [6, 6.07) is 10.3. The van der Waals surface area contributed by atoms with Crippen molar-refractivity contribution in [1.82, 2.24) is 21.1 Å². The highest BCUT2D eigenvalue weighted by atomic mass is 32.1. The summed E-state index contributed by atoms with van der Waals surface area (Å²) in [4.78, 5) is 38.5. The summed E-state index contributed by atoms with van der Waals surface area (Å²) in [6.07, 6.45) is 3.58. The van der Waals surface area contributed by atoms with Crippen LogP contribution in [0.2, 0.25) is 0 Å². The third-order valence-corrected chi connectivity index (χ3v) is 5.11. The Bertz CT molecular complexity index is 963. The molecule has 0 spiro atoms. The van der Waals surface area contributed by atoms with E-state index in [0.29, 0.717) is 30.2 Å². The standard InChI is InChI=1S/C22H26N4O5S/c1-2-3-9-30-17-7-4-6-15(11-17)20(28)23-22(32)25-24-21(29)16-12-19(27)26(13-16)14-18-8-5-10-31-18/h4-8,10-11,16H,2-3,9,12-14H2,1H3,(H,24,29)(H2,23,25,28,32). The van der Waals surface area contributed by atoms with Gasteiger partial charge in [0.25, 0.3) is 5.91 Å².